The summed E-state index contributed by atoms with van der Waals surface area (Å²) in [6, 6.07) is 9.07. The number of amides is 1. The first-order valence-electron chi connectivity index (χ1n) is 8.16. The zero-order chi connectivity index (χ0) is 18.0. The fraction of sp³-hybridized carbons (Fsp3) is 0.333. The van der Waals surface area contributed by atoms with E-state index in [1.807, 2.05) is 39.0 Å². The molecule has 3 rings (SSSR count). The molecule has 0 aliphatic heterocycles. The molecule has 0 fully saturated rings. The third-order valence-corrected chi connectivity index (χ3v) is 4.19. The maximum atomic E-state index is 12.8. The van der Waals surface area contributed by atoms with Crippen LogP contribution in [0.15, 0.2) is 34.9 Å². The van der Waals surface area contributed by atoms with Crippen molar-refractivity contribution in [1.82, 2.24) is 20.0 Å². The molecule has 0 bridgehead atoms. The van der Waals surface area contributed by atoms with Gasteiger partial charge in [0.25, 0.3) is 5.91 Å². The first kappa shape index (κ1) is 17.4. The maximum Gasteiger partial charge on any atom is 0.272 e. The highest BCUT2D eigenvalue weighted by Gasteiger charge is 2.20. The van der Waals surface area contributed by atoms with Crippen LogP contribution in [0, 0.1) is 0 Å². The van der Waals surface area contributed by atoms with Crippen LogP contribution < -0.4 is 0 Å². The zero-order valence-electron chi connectivity index (χ0n) is 14.4. The second-order valence-corrected chi connectivity index (χ2v) is 6.44. The molecule has 0 aliphatic carbocycles. The van der Waals surface area contributed by atoms with E-state index >= 15 is 0 Å². The van der Waals surface area contributed by atoms with Crippen LogP contribution in [0.25, 0.3) is 10.9 Å². The van der Waals surface area contributed by atoms with Crippen molar-refractivity contribution in [2.75, 3.05) is 6.54 Å². The molecular weight excluding hydrogens is 340 g/mol. The summed E-state index contributed by atoms with van der Waals surface area (Å²) in [5.41, 5.74) is 0.956. The Morgan fingerprint density at radius 2 is 2.04 bits per heavy atom. The molecule has 3 aromatic rings. The van der Waals surface area contributed by atoms with Gasteiger partial charge in [-0.25, -0.2) is 4.98 Å². The van der Waals surface area contributed by atoms with Gasteiger partial charge in [0, 0.05) is 17.8 Å². The van der Waals surface area contributed by atoms with Crippen LogP contribution in [0.5, 0.6) is 0 Å². The molecule has 2 heterocycles. The van der Waals surface area contributed by atoms with E-state index in [1.165, 1.54) is 0 Å². The molecule has 0 saturated heterocycles. The van der Waals surface area contributed by atoms with Crippen LogP contribution in [-0.4, -0.2) is 32.5 Å². The van der Waals surface area contributed by atoms with Crippen LogP contribution in [0.3, 0.4) is 0 Å². The lowest BCUT2D eigenvalue weighted by atomic mass is 10.2. The van der Waals surface area contributed by atoms with Crippen molar-refractivity contribution in [1.29, 1.82) is 0 Å². The molecule has 0 saturated carbocycles. The molecule has 0 unspecified atom stereocenters. The smallest absolute Gasteiger partial charge is 0.272 e. The number of nitrogens with zero attached hydrogens (tertiary/aromatic N) is 4. The first-order chi connectivity index (χ1) is 12.0. The van der Waals surface area contributed by atoms with Crippen LogP contribution in [0.1, 0.15) is 48.9 Å². The van der Waals surface area contributed by atoms with Crippen molar-refractivity contribution in [3.8, 4) is 0 Å². The van der Waals surface area contributed by atoms with E-state index in [0.29, 0.717) is 34.5 Å². The SMILES string of the molecule is CCN(Cc1nc(C(C)C)no1)C(=O)c1ccc2cccc(Cl)c2n1. The van der Waals surface area contributed by atoms with E-state index in [4.69, 9.17) is 16.1 Å². The Morgan fingerprint density at radius 1 is 1.24 bits per heavy atom. The monoisotopic (exact) mass is 358 g/mol. The van der Waals surface area contributed by atoms with Gasteiger partial charge in [0.05, 0.1) is 10.5 Å². The molecule has 0 radical (unpaired) electrons. The Balaban J connectivity index is 1.85. The summed E-state index contributed by atoms with van der Waals surface area (Å²) >= 11 is 6.19. The predicted octanol–water partition coefficient (Wildman–Crippen LogP) is 4.06. The number of aromatic nitrogens is 3. The number of benzene rings is 1. The standard InChI is InChI=1S/C18H19ClN4O2/c1-4-23(10-15-21-17(11(2)3)22-25-15)18(24)14-9-8-12-6-5-7-13(19)16(12)20-14/h5-9,11H,4,10H2,1-3H3. The van der Waals surface area contributed by atoms with Crippen LogP contribution in [0.2, 0.25) is 5.02 Å². The first-order valence-corrected chi connectivity index (χ1v) is 8.54. The Morgan fingerprint density at radius 3 is 2.72 bits per heavy atom. The third kappa shape index (κ3) is 3.64. The lowest BCUT2D eigenvalue weighted by Gasteiger charge is -2.18. The fourth-order valence-corrected chi connectivity index (χ4v) is 2.67. The van der Waals surface area contributed by atoms with E-state index in [9.17, 15) is 4.79 Å². The van der Waals surface area contributed by atoms with Gasteiger partial charge in [-0.2, -0.15) is 4.98 Å². The Kier molecular flexibility index (Phi) is 4.99. The summed E-state index contributed by atoms with van der Waals surface area (Å²) in [4.78, 5) is 23.2. The summed E-state index contributed by atoms with van der Waals surface area (Å²) in [5.74, 6) is 1.02. The van der Waals surface area contributed by atoms with Crippen molar-refractivity contribution in [2.45, 2.75) is 33.2 Å². The van der Waals surface area contributed by atoms with Gasteiger partial charge in [-0.3, -0.25) is 4.79 Å². The molecule has 0 aliphatic rings. The molecule has 2 aromatic heterocycles. The minimum absolute atomic E-state index is 0.174. The molecule has 0 N–H and O–H groups in total. The van der Waals surface area contributed by atoms with E-state index in [1.54, 1.807) is 17.0 Å². The number of carbonyl (C=O) groups is 1. The number of halogens is 1. The molecule has 0 spiro atoms. The normalized spacial score (nSPS) is 11.2. The summed E-state index contributed by atoms with van der Waals surface area (Å²) < 4.78 is 5.24. The quantitative estimate of drug-likeness (QED) is 0.687. The molecule has 1 amide bonds. The van der Waals surface area contributed by atoms with Gasteiger partial charge in [0.2, 0.25) is 5.89 Å². The maximum absolute atomic E-state index is 12.8. The Labute approximate surface area is 150 Å². The minimum atomic E-state index is -0.200. The molecule has 1 aromatic carbocycles. The zero-order valence-corrected chi connectivity index (χ0v) is 15.1. The average Bonchev–Trinajstić information content (AvgIpc) is 3.08. The number of carbonyl (C=O) groups excluding carboxylic acids is 1. The molecule has 6 nitrogen and oxygen atoms in total. The molecular formula is C18H19ClN4O2. The van der Waals surface area contributed by atoms with E-state index in [2.05, 4.69) is 15.1 Å². The summed E-state index contributed by atoms with van der Waals surface area (Å²) in [6.45, 7) is 6.61. The van der Waals surface area contributed by atoms with Gasteiger partial charge in [-0.05, 0) is 19.1 Å². The fourth-order valence-electron chi connectivity index (χ4n) is 2.45. The molecule has 7 heteroatoms. The highest BCUT2D eigenvalue weighted by Crippen LogP contribution is 2.22. The van der Waals surface area contributed by atoms with E-state index in [0.717, 1.165) is 5.39 Å². The Bertz CT molecular complexity index is 907. The van der Waals surface area contributed by atoms with Crippen molar-refractivity contribution in [3.63, 3.8) is 0 Å². The van der Waals surface area contributed by atoms with Gasteiger partial charge in [-0.15, -0.1) is 0 Å². The second-order valence-electron chi connectivity index (χ2n) is 6.03. The molecule has 130 valence electrons. The van der Waals surface area contributed by atoms with Crippen LogP contribution in [0.4, 0.5) is 0 Å². The molecule has 0 atom stereocenters. The number of para-hydroxylation sites is 1. The number of rotatable bonds is 5. The van der Waals surface area contributed by atoms with Gasteiger partial charge in [0.1, 0.15) is 12.2 Å². The number of hydrogen-bond acceptors (Lipinski definition) is 5. The largest absolute Gasteiger partial charge is 0.337 e. The number of pyridine rings is 1. The van der Waals surface area contributed by atoms with Crippen molar-refractivity contribution in [2.24, 2.45) is 0 Å². The predicted molar refractivity (Wildman–Crippen MR) is 95.6 cm³/mol. The highest BCUT2D eigenvalue weighted by molar-refractivity contribution is 6.35. The molecule has 25 heavy (non-hydrogen) atoms. The van der Waals surface area contributed by atoms with Crippen LogP contribution >= 0.6 is 11.6 Å². The van der Waals surface area contributed by atoms with Crippen LogP contribution in [-0.2, 0) is 6.54 Å². The number of fused-ring (bicyclic) bond motifs is 1. The second kappa shape index (κ2) is 7.19. The minimum Gasteiger partial charge on any atom is -0.337 e. The number of hydrogen-bond donors (Lipinski definition) is 0. The van der Waals surface area contributed by atoms with Crippen molar-refractivity contribution in [3.05, 3.63) is 52.8 Å². The summed E-state index contributed by atoms with van der Waals surface area (Å²) in [6.07, 6.45) is 0. The lowest BCUT2D eigenvalue weighted by Crippen LogP contribution is -2.31. The van der Waals surface area contributed by atoms with Crippen molar-refractivity contribution < 1.29 is 9.32 Å². The topological polar surface area (TPSA) is 72.1 Å². The average molecular weight is 359 g/mol. The van der Waals surface area contributed by atoms with Crippen molar-refractivity contribution >= 4 is 28.4 Å². The van der Waals surface area contributed by atoms with E-state index < -0.39 is 0 Å². The van der Waals surface area contributed by atoms with E-state index in [-0.39, 0.29) is 18.4 Å². The Hall–Kier alpha value is -2.47. The highest BCUT2D eigenvalue weighted by atomic mass is 35.5. The lowest BCUT2D eigenvalue weighted by molar-refractivity contribution is 0.0729. The van der Waals surface area contributed by atoms with Gasteiger partial charge < -0.3 is 9.42 Å². The summed E-state index contributed by atoms with van der Waals surface area (Å²) in [5, 5.41) is 5.35. The van der Waals surface area contributed by atoms with Gasteiger partial charge in [-0.1, -0.05) is 48.8 Å². The third-order valence-electron chi connectivity index (χ3n) is 3.89. The van der Waals surface area contributed by atoms with Gasteiger partial charge in [0.15, 0.2) is 5.82 Å². The summed E-state index contributed by atoms with van der Waals surface area (Å²) in [7, 11) is 0. The van der Waals surface area contributed by atoms with Gasteiger partial charge >= 0.3 is 0 Å².